The highest BCUT2D eigenvalue weighted by Crippen LogP contribution is 2.36. The molecule has 1 aromatic rings. The van der Waals surface area contributed by atoms with Crippen LogP contribution in [0.15, 0.2) is 22.7 Å². The minimum Gasteiger partial charge on any atom is -0.465 e. The number of carbonyl (C=O) groups is 1. The summed E-state index contributed by atoms with van der Waals surface area (Å²) in [6.45, 7) is 1.71. The lowest BCUT2D eigenvalue weighted by atomic mass is 10.2. The zero-order chi connectivity index (χ0) is 13.8. The minimum absolute atomic E-state index is 0.0447. The highest BCUT2D eigenvalue weighted by Gasteiger charge is 2.33. The first-order chi connectivity index (χ1) is 8.34. The molecule has 0 heterocycles. The van der Waals surface area contributed by atoms with E-state index in [0.717, 1.165) is 6.07 Å². The number of benzene rings is 1. The quantitative estimate of drug-likeness (QED) is 0.862. The number of halogens is 4. The van der Waals surface area contributed by atoms with Crippen molar-refractivity contribution in [2.75, 3.05) is 18.5 Å². The molecular weight excluding hydrogens is 315 g/mol. The second-order valence-electron chi connectivity index (χ2n) is 3.35. The van der Waals surface area contributed by atoms with Crippen LogP contribution in [0.25, 0.3) is 0 Å². The van der Waals surface area contributed by atoms with Crippen LogP contribution >= 0.6 is 15.9 Å². The molecule has 0 unspecified atom stereocenters. The van der Waals surface area contributed by atoms with E-state index in [1.807, 2.05) is 0 Å². The van der Waals surface area contributed by atoms with Gasteiger partial charge in [-0.05, 0) is 25.1 Å². The van der Waals surface area contributed by atoms with Crippen LogP contribution in [-0.4, -0.2) is 19.1 Å². The van der Waals surface area contributed by atoms with E-state index < -0.39 is 17.7 Å². The van der Waals surface area contributed by atoms with Gasteiger partial charge in [0.25, 0.3) is 0 Å². The summed E-state index contributed by atoms with van der Waals surface area (Å²) < 4.78 is 42.4. The monoisotopic (exact) mass is 325 g/mol. The molecule has 0 aromatic heterocycles. The fraction of sp³-hybridized carbons (Fsp3) is 0.364. The van der Waals surface area contributed by atoms with Gasteiger partial charge in [-0.3, -0.25) is 4.79 Å². The molecule has 100 valence electrons. The molecule has 0 amide bonds. The summed E-state index contributed by atoms with van der Waals surface area (Å²) in [6, 6.07) is 3.65. The number of rotatable bonds is 4. The van der Waals surface area contributed by atoms with Gasteiger partial charge in [-0.15, -0.1) is 0 Å². The Kier molecular flexibility index (Phi) is 5.01. The van der Waals surface area contributed by atoms with Gasteiger partial charge in [0.05, 0.1) is 12.2 Å². The topological polar surface area (TPSA) is 38.3 Å². The summed E-state index contributed by atoms with van der Waals surface area (Å²) in [7, 11) is 0. The summed E-state index contributed by atoms with van der Waals surface area (Å²) in [4.78, 5) is 11.0. The molecule has 7 heteroatoms. The van der Waals surface area contributed by atoms with E-state index in [1.54, 1.807) is 6.92 Å². The second kappa shape index (κ2) is 6.08. The lowest BCUT2D eigenvalue weighted by molar-refractivity contribution is -0.141. The van der Waals surface area contributed by atoms with E-state index in [2.05, 4.69) is 26.0 Å². The van der Waals surface area contributed by atoms with Gasteiger partial charge in [0.1, 0.15) is 6.54 Å². The molecule has 1 aromatic carbocycles. The van der Waals surface area contributed by atoms with Crippen LogP contribution in [0.4, 0.5) is 18.9 Å². The van der Waals surface area contributed by atoms with Crippen molar-refractivity contribution < 1.29 is 22.7 Å². The molecule has 0 aliphatic carbocycles. The van der Waals surface area contributed by atoms with Gasteiger partial charge < -0.3 is 10.1 Å². The molecule has 3 nitrogen and oxygen atoms in total. The molecular formula is C11H11BrF3NO2. The van der Waals surface area contributed by atoms with Crippen molar-refractivity contribution in [2.24, 2.45) is 0 Å². The first-order valence-electron chi connectivity index (χ1n) is 5.11. The van der Waals surface area contributed by atoms with Crippen molar-refractivity contribution in [3.8, 4) is 0 Å². The number of carbonyl (C=O) groups excluding carboxylic acids is 1. The first kappa shape index (κ1) is 14.8. The molecule has 0 aliphatic rings. The Labute approximate surface area is 110 Å². The van der Waals surface area contributed by atoms with Crippen molar-refractivity contribution in [1.82, 2.24) is 0 Å². The van der Waals surface area contributed by atoms with Crippen molar-refractivity contribution in [3.05, 3.63) is 28.2 Å². The van der Waals surface area contributed by atoms with Crippen LogP contribution in [0, 0.1) is 0 Å². The number of esters is 1. The Morgan fingerprint density at radius 2 is 2.11 bits per heavy atom. The summed E-state index contributed by atoms with van der Waals surface area (Å²) in [5, 5.41) is 2.57. The number of alkyl halides is 3. The highest BCUT2D eigenvalue weighted by molar-refractivity contribution is 9.10. The van der Waals surface area contributed by atoms with Gasteiger partial charge in [-0.2, -0.15) is 13.2 Å². The third-order valence-electron chi connectivity index (χ3n) is 2.01. The normalized spacial score (nSPS) is 11.2. The van der Waals surface area contributed by atoms with Crippen LogP contribution in [-0.2, 0) is 15.7 Å². The van der Waals surface area contributed by atoms with E-state index in [4.69, 9.17) is 0 Å². The van der Waals surface area contributed by atoms with E-state index in [1.165, 1.54) is 12.1 Å². The van der Waals surface area contributed by atoms with Crippen LogP contribution in [0.5, 0.6) is 0 Å². The molecule has 0 spiro atoms. The summed E-state index contributed by atoms with van der Waals surface area (Å²) >= 11 is 2.83. The van der Waals surface area contributed by atoms with Crippen LogP contribution in [0.3, 0.4) is 0 Å². The van der Waals surface area contributed by atoms with E-state index in [0.29, 0.717) is 0 Å². The molecule has 0 atom stereocenters. The van der Waals surface area contributed by atoms with Gasteiger partial charge >= 0.3 is 12.1 Å². The Hall–Kier alpha value is -1.24. The maximum Gasteiger partial charge on any atom is 0.417 e. The summed E-state index contributed by atoms with van der Waals surface area (Å²) in [5.74, 6) is -0.519. The Morgan fingerprint density at radius 1 is 1.44 bits per heavy atom. The first-order valence-corrected chi connectivity index (χ1v) is 5.90. The fourth-order valence-electron chi connectivity index (χ4n) is 1.24. The number of nitrogens with one attached hydrogen (secondary N) is 1. The van der Waals surface area contributed by atoms with Gasteiger partial charge in [0.15, 0.2) is 0 Å². The SMILES string of the molecule is CCOC(=O)CNc1ccc(Br)c(C(F)(F)F)c1. The number of hydrogen-bond donors (Lipinski definition) is 1. The predicted molar refractivity (Wildman–Crippen MR) is 64.3 cm³/mol. The molecule has 0 fully saturated rings. The molecule has 0 bridgehead atoms. The zero-order valence-electron chi connectivity index (χ0n) is 9.47. The van der Waals surface area contributed by atoms with Crippen molar-refractivity contribution in [3.63, 3.8) is 0 Å². The van der Waals surface area contributed by atoms with Crippen molar-refractivity contribution in [2.45, 2.75) is 13.1 Å². The Balaban J connectivity index is 2.77. The van der Waals surface area contributed by atoms with Gasteiger partial charge in [-0.25, -0.2) is 0 Å². The van der Waals surface area contributed by atoms with Gasteiger partial charge in [0.2, 0.25) is 0 Å². The molecule has 18 heavy (non-hydrogen) atoms. The number of anilines is 1. The van der Waals surface area contributed by atoms with Crippen molar-refractivity contribution in [1.29, 1.82) is 0 Å². The Bertz CT molecular complexity index is 435. The second-order valence-corrected chi connectivity index (χ2v) is 4.21. The van der Waals surface area contributed by atoms with Crippen LogP contribution < -0.4 is 5.32 Å². The molecule has 0 saturated carbocycles. The molecule has 1 N–H and O–H groups in total. The predicted octanol–water partition coefficient (Wildman–Crippen LogP) is 3.44. The van der Waals surface area contributed by atoms with Crippen molar-refractivity contribution >= 4 is 27.6 Å². The third-order valence-corrected chi connectivity index (χ3v) is 2.71. The van der Waals surface area contributed by atoms with E-state index in [-0.39, 0.29) is 23.3 Å². The molecule has 1 rings (SSSR count). The lowest BCUT2D eigenvalue weighted by Gasteiger charge is -2.12. The number of ether oxygens (including phenoxy) is 1. The van der Waals surface area contributed by atoms with E-state index >= 15 is 0 Å². The molecule has 0 radical (unpaired) electrons. The standard InChI is InChI=1S/C11H11BrF3NO2/c1-2-18-10(17)6-16-7-3-4-9(12)8(5-7)11(13,14)15/h3-5,16H,2,6H2,1H3. The average Bonchev–Trinajstić information content (AvgIpc) is 2.27. The number of hydrogen-bond acceptors (Lipinski definition) is 3. The Morgan fingerprint density at radius 3 is 2.67 bits per heavy atom. The maximum atomic E-state index is 12.6. The minimum atomic E-state index is -4.44. The van der Waals surface area contributed by atoms with Crippen LogP contribution in [0.1, 0.15) is 12.5 Å². The smallest absolute Gasteiger partial charge is 0.417 e. The summed E-state index contributed by atoms with van der Waals surface area (Å²) in [6.07, 6.45) is -4.44. The summed E-state index contributed by atoms with van der Waals surface area (Å²) in [5.41, 5.74) is -0.588. The maximum absolute atomic E-state index is 12.6. The zero-order valence-corrected chi connectivity index (χ0v) is 11.1. The average molecular weight is 326 g/mol. The third kappa shape index (κ3) is 4.21. The van der Waals surface area contributed by atoms with Gasteiger partial charge in [-0.1, -0.05) is 15.9 Å². The van der Waals surface area contributed by atoms with E-state index in [9.17, 15) is 18.0 Å². The highest BCUT2D eigenvalue weighted by atomic mass is 79.9. The largest absolute Gasteiger partial charge is 0.465 e. The molecule has 0 saturated heterocycles. The van der Waals surface area contributed by atoms with Gasteiger partial charge in [0, 0.05) is 10.2 Å². The lowest BCUT2D eigenvalue weighted by Crippen LogP contribution is -2.17. The fourth-order valence-corrected chi connectivity index (χ4v) is 1.71. The van der Waals surface area contributed by atoms with Crippen LogP contribution in [0.2, 0.25) is 0 Å². The molecule has 0 aliphatic heterocycles.